The molecule has 2 rings (SSSR count). The maximum Gasteiger partial charge on any atom is 0.118 e. The molecule has 1 heterocycles. The Morgan fingerprint density at radius 1 is 1.19 bits per heavy atom. The molecule has 1 fully saturated rings. The van der Waals surface area contributed by atoms with Gasteiger partial charge in [0.05, 0.1) is 19.3 Å². The Kier molecular flexibility index (Phi) is 5.88. The smallest absolute Gasteiger partial charge is 0.118 e. The predicted octanol–water partition coefficient (Wildman–Crippen LogP) is 4.72. The molecule has 0 atom stereocenters. The Morgan fingerprint density at radius 2 is 1.86 bits per heavy atom. The van der Waals surface area contributed by atoms with E-state index in [9.17, 15) is 0 Å². The van der Waals surface area contributed by atoms with Crippen LogP contribution in [-0.4, -0.2) is 11.6 Å². The second kappa shape index (κ2) is 7.46. The molecule has 1 aromatic rings. The van der Waals surface area contributed by atoms with Gasteiger partial charge in [0.15, 0.2) is 0 Å². The van der Waals surface area contributed by atoms with Crippen LogP contribution in [0.15, 0.2) is 10.5 Å². The minimum Gasteiger partial charge on any atom is -0.465 e. The molecule has 120 valence electrons. The zero-order valence-electron chi connectivity index (χ0n) is 14.1. The molecule has 0 bridgehead atoms. The first-order valence-electron chi connectivity index (χ1n) is 8.39. The lowest BCUT2D eigenvalue weighted by Crippen LogP contribution is -2.34. The lowest BCUT2D eigenvalue weighted by molar-refractivity contribution is 0.0304. The first-order chi connectivity index (χ1) is 9.94. The number of aryl methyl sites for hydroxylation is 1. The van der Waals surface area contributed by atoms with E-state index in [1.807, 2.05) is 6.92 Å². The normalized spacial score (nSPS) is 17.9. The molecule has 1 saturated carbocycles. The molecule has 0 spiro atoms. The fourth-order valence-corrected chi connectivity index (χ4v) is 2.79. The van der Waals surface area contributed by atoms with E-state index >= 15 is 0 Å². The molecule has 3 nitrogen and oxygen atoms in total. The monoisotopic (exact) mass is 293 g/mol. The van der Waals surface area contributed by atoms with E-state index in [0.717, 1.165) is 18.1 Å². The molecular weight excluding hydrogens is 262 g/mol. The average molecular weight is 293 g/mol. The van der Waals surface area contributed by atoms with Crippen molar-refractivity contribution in [2.24, 2.45) is 0 Å². The van der Waals surface area contributed by atoms with Gasteiger partial charge >= 0.3 is 0 Å². The van der Waals surface area contributed by atoms with Crippen molar-refractivity contribution in [2.75, 3.05) is 0 Å². The second-order valence-corrected chi connectivity index (χ2v) is 7.32. The van der Waals surface area contributed by atoms with Gasteiger partial charge in [-0.1, -0.05) is 25.7 Å². The van der Waals surface area contributed by atoms with Crippen molar-refractivity contribution in [3.63, 3.8) is 0 Å². The summed E-state index contributed by atoms with van der Waals surface area (Å²) < 4.78 is 11.9. The van der Waals surface area contributed by atoms with Crippen LogP contribution in [0.4, 0.5) is 0 Å². The fourth-order valence-electron chi connectivity index (χ4n) is 2.79. The molecule has 0 amide bonds. The lowest BCUT2D eigenvalue weighted by Gasteiger charge is -2.19. The lowest BCUT2D eigenvalue weighted by atomic mass is 10.1. The van der Waals surface area contributed by atoms with Crippen molar-refractivity contribution < 1.29 is 9.15 Å². The highest BCUT2D eigenvalue weighted by Crippen LogP contribution is 2.23. The van der Waals surface area contributed by atoms with E-state index in [-0.39, 0.29) is 5.54 Å². The number of hydrogen-bond donors (Lipinski definition) is 1. The Balaban J connectivity index is 1.84. The summed E-state index contributed by atoms with van der Waals surface area (Å²) in [4.78, 5) is 0. The van der Waals surface area contributed by atoms with Crippen LogP contribution >= 0.6 is 0 Å². The Morgan fingerprint density at radius 3 is 2.48 bits per heavy atom. The van der Waals surface area contributed by atoms with Crippen LogP contribution in [0.1, 0.15) is 76.4 Å². The summed E-state index contributed by atoms with van der Waals surface area (Å²) in [5.41, 5.74) is 1.31. The van der Waals surface area contributed by atoms with Crippen molar-refractivity contribution in [1.82, 2.24) is 5.32 Å². The van der Waals surface area contributed by atoms with Crippen molar-refractivity contribution in [3.8, 4) is 0 Å². The molecule has 1 aliphatic rings. The number of ether oxygens (including phenoxy) is 1. The van der Waals surface area contributed by atoms with E-state index < -0.39 is 0 Å². The van der Waals surface area contributed by atoms with Crippen LogP contribution in [0, 0.1) is 6.92 Å². The molecule has 0 radical (unpaired) electrons. The Labute approximate surface area is 129 Å². The number of hydrogen-bond acceptors (Lipinski definition) is 3. The maximum absolute atomic E-state index is 6.11. The van der Waals surface area contributed by atoms with Gasteiger partial charge in [0.1, 0.15) is 11.5 Å². The Bertz CT molecular complexity index is 423. The minimum absolute atomic E-state index is 0.109. The molecule has 0 unspecified atom stereocenters. The minimum atomic E-state index is 0.109. The summed E-state index contributed by atoms with van der Waals surface area (Å²) in [5.74, 6) is 2.00. The highest BCUT2D eigenvalue weighted by atomic mass is 16.5. The van der Waals surface area contributed by atoms with E-state index in [2.05, 4.69) is 32.2 Å². The maximum atomic E-state index is 6.11. The molecule has 1 aromatic heterocycles. The van der Waals surface area contributed by atoms with Gasteiger partial charge < -0.3 is 14.5 Å². The van der Waals surface area contributed by atoms with Gasteiger partial charge in [-0.25, -0.2) is 0 Å². The van der Waals surface area contributed by atoms with Crippen molar-refractivity contribution in [2.45, 2.75) is 91.0 Å². The standard InChI is InChI=1S/C18H31NO2/c1-14-15(11-17(21-14)12-19-18(2,3)4)13-20-16-9-7-5-6-8-10-16/h11,16,19H,5-10,12-13H2,1-4H3. The molecule has 0 aromatic carbocycles. The summed E-state index contributed by atoms with van der Waals surface area (Å²) in [5, 5.41) is 3.46. The summed E-state index contributed by atoms with van der Waals surface area (Å²) >= 11 is 0. The zero-order valence-corrected chi connectivity index (χ0v) is 14.1. The average Bonchev–Trinajstić information content (AvgIpc) is 2.62. The van der Waals surface area contributed by atoms with Crippen molar-refractivity contribution >= 4 is 0 Å². The number of rotatable bonds is 5. The van der Waals surface area contributed by atoms with Crippen molar-refractivity contribution in [1.29, 1.82) is 0 Å². The van der Waals surface area contributed by atoms with Crippen LogP contribution in [0.25, 0.3) is 0 Å². The molecular formula is C18H31NO2. The van der Waals surface area contributed by atoms with Gasteiger partial charge in [0.25, 0.3) is 0 Å². The summed E-state index contributed by atoms with van der Waals surface area (Å²) in [6.45, 7) is 9.99. The highest BCUT2D eigenvalue weighted by molar-refractivity contribution is 5.20. The molecule has 0 saturated heterocycles. The summed E-state index contributed by atoms with van der Waals surface area (Å²) in [6.07, 6.45) is 8.24. The van der Waals surface area contributed by atoms with E-state index in [1.165, 1.54) is 44.1 Å². The molecule has 1 N–H and O–H groups in total. The van der Waals surface area contributed by atoms with Gasteiger partial charge in [-0.05, 0) is 46.6 Å². The van der Waals surface area contributed by atoms with Crippen LogP contribution in [-0.2, 0) is 17.9 Å². The summed E-state index contributed by atoms with van der Waals surface area (Å²) in [6, 6.07) is 2.14. The third kappa shape index (κ3) is 5.84. The first-order valence-corrected chi connectivity index (χ1v) is 8.39. The third-order valence-corrected chi connectivity index (χ3v) is 4.14. The van der Waals surface area contributed by atoms with E-state index in [0.29, 0.717) is 12.7 Å². The summed E-state index contributed by atoms with van der Waals surface area (Å²) in [7, 11) is 0. The van der Waals surface area contributed by atoms with Crippen LogP contribution in [0.2, 0.25) is 0 Å². The van der Waals surface area contributed by atoms with Crippen LogP contribution in [0.5, 0.6) is 0 Å². The number of nitrogens with one attached hydrogen (secondary N) is 1. The van der Waals surface area contributed by atoms with Crippen molar-refractivity contribution in [3.05, 3.63) is 23.2 Å². The van der Waals surface area contributed by atoms with E-state index in [1.54, 1.807) is 0 Å². The molecule has 0 aliphatic heterocycles. The van der Waals surface area contributed by atoms with Gasteiger partial charge in [-0.2, -0.15) is 0 Å². The number of furan rings is 1. The van der Waals surface area contributed by atoms with Gasteiger partial charge in [-0.3, -0.25) is 0 Å². The van der Waals surface area contributed by atoms with Gasteiger partial charge in [0, 0.05) is 11.1 Å². The third-order valence-electron chi connectivity index (χ3n) is 4.14. The van der Waals surface area contributed by atoms with Crippen LogP contribution in [0.3, 0.4) is 0 Å². The van der Waals surface area contributed by atoms with Gasteiger partial charge in [0.2, 0.25) is 0 Å². The highest BCUT2D eigenvalue weighted by Gasteiger charge is 2.15. The van der Waals surface area contributed by atoms with Gasteiger partial charge in [-0.15, -0.1) is 0 Å². The fraction of sp³-hybridized carbons (Fsp3) is 0.778. The Hall–Kier alpha value is -0.800. The quantitative estimate of drug-likeness (QED) is 0.798. The SMILES string of the molecule is Cc1oc(CNC(C)(C)C)cc1COC1CCCCCC1. The second-order valence-electron chi connectivity index (χ2n) is 7.32. The predicted molar refractivity (Wildman–Crippen MR) is 86.3 cm³/mol. The molecule has 1 aliphatic carbocycles. The first kappa shape index (κ1) is 16.6. The van der Waals surface area contributed by atoms with Crippen LogP contribution < -0.4 is 5.32 Å². The largest absolute Gasteiger partial charge is 0.465 e. The van der Waals surface area contributed by atoms with E-state index in [4.69, 9.17) is 9.15 Å². The molecule has 21 heavy (non-hydrogen) atoms. The zero-order chi connectivity index (χ0) is 15.3. The topological polar surface area (TPSA) is 34.4 Å². The molecule has 3 heteroatoms.